The van der Waals surface area contributed by atoms with Crippen molar-refractivity contribution in [1.82, 2.24) is 9.80 Å². The van der Waals surface area contributed by atoms with Crippen molar-refractivity contribution in [1.29, 1.82) is 0 Å². The minimum Gasteiger partial charge on any atom is -0.469 e. The van der Waals surface area contributed by atoms with Crippen molar-refractivity contribution < 1.29 is 14.0 Å². The maximum absolute atomic E-state index is 12.8. The predicted octanol–water partition coefficient (Wildman–Crippen LogP) is 2.62. The lowest BCUT2D eigenvalue weighted by Crippen LogP contribution is -2.48. The fourth-order valence-electron chi connectivity index (χ4n) is 3.50. The molecule has 4 heterocycles. The Labute approximate surface area is 136 Å². The maximum atomic E-state index is 12.8. The summed E-state index contributed by atoms with van der Waals surface area (Å²) in [5.41, 5.74) is 1.81. The highest BCUT2D eigenvalue weighted by atomic mass is 16.3. The number of hydrogen-bond acceptors (Lipinski definition) is 3. The molecule has 4 rings (SSSR count). The van der Waals surface area contributed by atoms with Crippen LogP contribution in [-0.2, 0) is 4.79 Å². The van der Waals surface area contributed by atoms with Crippen LogP contribution in [0.25, 0.3) is 0 Å². The standard InChI is InChI=1S/C18H24N2O3/c1-12(2)6-8-20-15-5-4-14(17(20)21)10-19(11-15)18(22)16-7-9-23-13(16)3/h6-7,9,14-15H,4-5,8,10-11H2,1-3H3/t14-,15+/m1/s1. The van der Waals surface area contributed by atoms with E-state index in [1.54, 1.807) is 19.3 Å². The van der Waals surface area contributed by atoms with Gasteiger partial charge in [-0.2, -0.15) is 0 Å². The summed E-state index contributed by atoms with van der Waals surface area (Å²) in [7, 11) is 0. The summed E-state index contributed by atoms with van der Waals surface area (Å²) >= 11 is 0. The van der Waals surface area contributed by atoms with E-state index in [-0.39, 0.29) is 23.8 Å². The van der Waals surface area contributed by atoms with Gasteiger partial charge in [0.15, 0.2) is 0 Å². The topological polar surface area (TPSA) is 53.8 Å². The summed E-state index contributed by atoms with van der Waals surface area (Å²) in [5.74, 6) is 0.734. The van der Waals surface area contributed by atoms with Crippen LogP contribution in [0, 0.1) is 12.8 Å². The highest BCUT2D eigenvalue weighted by Crippen LogP contribution is 2.30. The summed E-state index contributed by atoms with van der Waals surface area (Å²) in [6, 6.07) is 1.83. The zero-order chi connectivity index (χ0) is 16.6. The number of furan rings is 1. The molecule has 0 saturated carbocycles. The molecule has 0 unspecified atom stereocenters. The summed E-state index contributed by atoms with van der Waals surface area (Å²) < 4.78 is 5.25. The predicted molar refractivity (Wildman–Crippen MR) is 87.0 cm³/mol. The third kappa shape index (κ3) is 3.05. The molecule has 3 aliphatic rings. The first kappa shape index (κ1) is 15.8. The van der Waals surface area contributed by atoms with Crippen LogP contribution >= 0.6 is 0 Å². The Kier molecular flexibility index (Phi) is 4.28. The Balaban J connectivity index is 1.81. The van der Waals surface area contributed by atoms with Crippen molar-refractivity contribution in [3.05, 3.63) is 35.3 Å². The highest BCUT2D eigenvalue weighted by molar-refractivity contribution is 5.95. The van der Waals surface area contributed by atoms with E-state index < -0.39 is 0 Å². The molecule has 2 atom stereocenters. The number of rotatable bonds is 3. The van der Waals surface area contributed by atoms with E-state index in [1.165, 1.54) is 5.57 Å². The molecule has 2 amide bonds. The monoisotopic (exact) mass is 316 g/mol. The number of fused-ring (bicyclic) bond motifs is 4. The minimum absolute atomic E-state index is 0.0231. The van der Waals surface area contributed by atoms with Gasteiger partial charge in [0.05, 0.1) is 17.7 Å². The van der Waals surface area contributed by atoms with Gasteiger partial charge < -0.3 is 14.2 Å². The van der Waals surface area contributed by atoms with Gasteiger partial charge in [-0.05, 0) is 39.7 Å². The Morgan fingerprint density at radius 1 is 1.35 bits per heavy atom. The molecule has 0 aromatic carbocycles. The molecule has 1 aromatic rings. The van der Waals surface area contributed by atoms with Crippen LogP contribution in [0.4, 0.5) is 0 Å². The molecular weight excluding hydrogens is 292 g/mol. The minimum atomic E-state index is -0.0736. The van der Waals surface area contributed by atoms with Crippen LogP contribution in [0.5, 0.6) is 0 Å². The number of amides is 2. The Morgan fingerprint density at radius 2 is 2.13 bits per heavy atom. The van der Waals surface area contributed by atoms with E-state index in [1.807, 2.05) is 23.6 Å². The molecule has 1 aromatic heterocycles. The van der Waals surface area contributed by atoms with Gasteiger partial charge in [-0.3, -0.25) is 9.59 Å². The van der Waals surface area contributed by atoms with E-state index in [0.717, 1.165) is 12.8 Å². The van der Waals surface area contributed by atoms with Crippen molar-refractivity contribution in [2.75, 3.05) is 19.6 Å². The Morgan fingerprint density at radius 3 is 2.78 bits per heavy atom. The molecule has 0 N–H and O–H groups in total. The second kappa shape index (κ2) is 6.22. The second-order valence-electron chi connectivity index (χ2n) is 6.80. The first-order valence-electron chi connectivity index (χ1n) is 8.24. The maximum Gasteiger partial charge on any atom is 0.257 e. The van der Waals surface area contributed by atoms with Gasteiger partial charge in [-0.1, -0.05) is 11.6 Å². The van der Waals surface area contributed by atoms with E-state index in [4.69, 9.17) is 4.42 Å². The van der Waals surface area contributed by atoms with Crippen molar-refractivity contribution in [2.45, 2.75) is 39.7 Å². The first-order valence-corrected chi connectivity index (χ1v) is 8.24. The SMILES string of the molecule is CC(C)=CCN1C(=O)[C@@H]2CC[C@H]1CN(C(=O)c1ccoc1C)C2. The van der Waals surface area contributed by atoms with Gasteiger partial charge in [0.25, 0.3) is 5.91 Å². The second-order valence-corrected chi connectivity index (χ2v) is 6.80. The molecular formula is C18H24N2O3. The average Bonchev–Trinajstić information content (AvgIpc) is 2.75. The molecule has 3 saturated heterocycles. The van der Waals surface area contributed by atoms with Gasteiger partial charge in [0.1, 0.15) is 5.76 Å². The largest absolute Gasteiger partial charge is 0.469 e. The summed E-state index contributed by atoms with van der Waals surface area (Å²) in [6.07, 6.45) is 5.48. The molecule has 23 heavy (non-hydrogen) atoms. The smallest absolute Gasteiger partial charge is 0.257 e. The van der Waals surface area contributed by atoms with E-state index >= 15 is 0 Å². The molecule has 3 aliphatic heterocycles. The van der Waals surface area contributed by atoms with Crippen molar-refractivity contribution in [3.8, 4) is 0 Å². The lowest BCUT2D eigenvalue weighted by molar-refractivity contribution is -0.139. The van der Waals surface area contributed by atoms with E-state index in [2.05, 4.69) is 6.08 Å². The Bertz CT molecular complexity index is 642. The normalized spacial score (nSPS) is 23.9. The van der Waals surface area contributed by atoms with Crippen molar-refractivity contribution >= 4 is 11.8 Å². The number of aryl methyl sites for hydroxylation is 1. The molecule has 3 fully saturated rings. The summed E-state index contributed by atoms with van der Waals surface area (Å²) in [5, 5.41) is 0. The lowest BCUT2D eigenvalue weighted by atomic mass is 9.94. The molecule has 2 bridgehead atoms. The third-order valence-corrected chi connectivity index (χ3v) is 4.87. The average molecular weight is 316 g/mol. The summed E-state index contributed by atoms with van der Waals surface area (Å²) in [4.78, 5) is 29.2. The van der Waals surface area contributed by atoms with Crippen molar-refractivity contribution in [3.63, 3.8) is 0 Å². The fourth-order valence-corrected chi connectivity index (χ4v) is 3.50. The molecule has 5 nitrogen and oxygen atoms in total. The van der Waals surface area contributed by atoms with E-state index in [0.29, 0.717) is 31.0 Å². The zero-order valence-electron chi connectivity index (χ0n) is 14.0. The summed E-state index contributed by atoms with van der Waals surface area (Å²) in [6.45, 7) is 7.66. The molecule has 0 spiro atoms. The number of carbonyl (C=O) groups is 2. The molecule has 0 aliphatic carbocycles. The van der Waals surface area contributed by atoms with Gasteiger partial charge in [-0.25, -0.2) is 0 Å². The fraction of sp³-hybridized carbons (Fsp3) is 0.556. The molecule has 124 valence electrons. The zero-order valence-corrected chi connectivity index (χ0v) is 14.0. The first-order chi connectivity index (χ1) is 11.0. The van der Waals surface area contributed by atoms with E-state index in [9.17, 15) is 9.59 Å². The van der Waals surface area contributed by atoms with Gasteiger partial charge in [0.2, 0.25) is 5.91 Å². The van der Waals surface area contributed by atoms with Crippen molar-refractivity contribution in [2.24, 2.45) is 5.92 Å². The van der Waals surface area contributed by atoms with Crippen LogP contribution in [0.1, 0.15) is 42.8 Å². The van der Waals surface area contributed by atoms with Crippen LogP contribution in [0.15, 0.2) is 28.4 Å². The lowest BCUT2D eigenvalue weighted by Gasteiger charge is -2.35. The number of nitrogens with zero attached hydrogens (tertiary/aromatic N) is 2. The van der Waals surface area contributed by atoms with Crippen LogP contribution < -0.4 is 0 Å². The molecule has 0 radical (unpaired) electrons. The van der Waals surface area contributed by atoms with Gasteiger partial charge in [-0.15, -0.1) is 0 Å². The number of allylic oxidation sites excluding steroid dienone is 1. The third-order valence-electron chi connectivity index (χ3n) is 4.87. The van der Waals surface area contributed by atoms with Crippen LogP contribution in [0.2, 0.25) is 0 Å². The number of hydrogen-bond donors (Lipinski definition) is 0. The van der Waals surface area contributed by atoms with Crippen LogP contribution in [-0.4, -0.2) is 47.3 Å². The van der Waals surface area contributed by atoms with Gasteiger partial charge >= 0.3 is 0 Å². The highest BCUT2D eigenvalue weighted by Gasteiger charge is 2.41. The van der Waals surface area contributed by atoms with Crippen LogP contribution in [0.3, 0.4) is 0 Å². The number of carbonyl (C=O) groups excluding carboxylic acids is 2. The number of piperidine rings is 1. The quantitative estimate of drug-likeness (QED) is 0.806. The Hall–Kier alpha value is -2.04. The van der Waals surface area contributed by atoms with Gasteiger partial charge in [0, 0.05) is 25.7 Å². The molecule has 5 heteroatoms.